The molecule has 0 aliphatic heterocycles. The highest BCUT2D eigenvalue weighted by Crippen LogP contribution is 2.22. The number of anilines is 1. The number of H-pyrrole nitrogens is 1. The van der Waals surface area contributed by atoms with Crippen molar-refractivity contribution in [3.05, 3.63) is 40.2 Å². The summed E-state index contributed by atoms with van der Waals surface area (Å²) in [5, 5.41) is 5.08. The molecule has 0 spiro atoms. The first-order valence-electron chi connectivity index (χ1n) is 8.78. The molecule has 0 aliphatic rings. The Labute approximate surface area is 161 Å². The van der Waals surface area contributed by atoms with E-state index in [1.165, 1.54) is 4.68 Å². The molecule has 0 radical (unpaired) electrons. The second-order valence-electron chi connectivity index (χ2n) is 5.92. The Morgan fingerprint density at radius 3 is 2.56 bits per heavy atom. The van der Waals surface area contributed by atoms with Crippen LogP contribution in [0.1, 0.15) is 43.5 Å². The number of carbonyl (C=O) groups excluding carboxylic acids is 2. The lowest BCUT2D eigenvalue weighted by Crippen LogP contribution is -2.35. The van der Waals surface area contributed by atoms with Crippen molar-refractivity contribution in [1.29, 1.82) is 0 Å². The molecular weight excluding hydrogens is 370 g/mol. The molecule has 1 unspecified atom stereocenters. The molecule has 0 fully saturated rings. The minimum atomic E-state index is -0.514. The van der Waals surface area contributed by atoms with Crippen LogP contribution in [-0.2, 0) is 16.6 Å². The summed E-state index contributed by atoms with van der Waals surface area (Å²) in [6.45, 7) is 4.28. The monoisotopic (exact) mass is 394 g/mol. The van der Waals surface area contributed by atoms with Gasteiger partial charge < -0.3 is 10.1 Å². The molecule has 146 valence electrons. The smallest absolute Gasteiger partial charge is 0.441 e. The fourth-order valence-electron chi connectivity index (χ4n) is 2.22. The van der Waals surface area contributed by atoms with Gasteiger partial charge in [-0.2, -0.15) is 0 Å². The lowest BCUT2D eigenvalue weighted by atomic mass is 10.2. The van der Waals surface area contributed by atoms with Crippen LogP contribution in [0.25, 0.3) is 0 Å². The number of aromatic amines is 1. The van der Waals surface area contributed by atoms with Crippen LogP contribution in [0.5, 0.6) is 0 Å². The van der Waals surface area contributed by atoms with E-state index in [9.17, 15) is 14.4 Å². The van der Waals surface area contributed by atoms with E-state index >= 15 is 0 Å². The van der Waals surface area contributed by atoms with Crippen molar-refractivity contribution >= 4 is 29.3 Å². The average Bonchev–Trinajstić information content (AvgIpc) is 2.98. The third-order valence-electron chi connectivity index (χ3n) is 3.79. The van der Waals surface area contributed by atoms with Crippen molar-refractivity contribution in [1.82, 2.24) is 5.27 Å². The highest BCUT2D eigenvalue weighted by molar-refractivity contribution is 8.00. The lowest BCUT2D eigenvalue weighted by Gasteiger charge is -2.12. The zero-order valence-electron chi connectivity index (χ0n) is 15.6. The summed E-state index contributed by atoms with van der Waals surface area (Å²) in [7, 11) is 1.64. The van der Waals surface area contributed by atoms with Gasteiger partial charge in [-0.15, -0.1) is 0 Å². The minimum Gasteiger partial charge on any atom is -0.462 e. The number of aromatic nitrogens is 2. The van der Waals surface area contributed by atoms with Gasteiger partial charge in [0.05, 0.1) is 17.4 Å². The zero-order valence-corrected chi connectivity index (χ0v) is 16.4. The van der Waals surface area contributed by atoms with Crippen LogP contribution in [0, 0.1) is 0 Å². The summed E-state index contributed by atoms with van der Waals surface area (Å²) in [5.41, 5.74) is 0.483. The second-order valence-corrected chi connectivity index (χ2v) is 7.11. The van der Waals surface area contributed by atoms with Crippen molar-refractivity contribution in [2.45, 2.75) is 43.4 Å². The van der Waals surface area contributed by atoms with Gasteiger partial charge in [0, 0.05) is 5.69 Å². The topological polar surface area (TPSA) is 105 Å². The van der Waals surface area contributed by atoms with Crippen molar-refractivity contribution in [3.63, 3.8) is 0 Å². The third-order valence-corrected chi connectivity index (χ3v) is 5.29. The van der Waals surface area contributed by atoms with E-state index in [2.05, 4.69) is 10.6 Å². The standard InChI is InChI=1S/C18H23N3O5S/c1-4-6-11-25-17(23)12-7-9-13(10-8-12)19-15(22)14(5-2)27-16-18(24)26-20-21(16)3/h7-10,14H,4-6,11H2,1-3H3,(H-,19,20,22,23,24)/p+1. The van der Waals surface area contributed by atoms with Gasteiger partial charge in [-0.3, -0.25) is 9.32 Å². The van der Waals surface area contributed by atoms with E-state index in [1.807, 2.05) is 13.8 Å². The lowest BCUT2D eigenvalue weighted by molar-refractivity contribution is -0.772. The average molecular weight is 394 g/mol. The molecule has 0 saturated carbocycles. The number of rotatable bonds is 9. The molecule has 1 aromatic carbocycles. The SMILES string of the molecule is CCCCOC(=O)c1ccc(NC(=O)C(CC)Sc2c(=O)o[nH][n+]2C)cc1. The Bertz CT molecular complexity index is 828. The second kappa shape index (κ2) is 9.96. The number of unbranched alkanes of at least 4 members (excludes halogenated alkanes) is 1. The summed E-state index contributed by atoms with van der Waals surface area (Å²) < 4.78 is 11.3. The highest BCUT2D eigenvalue weighted by Gasteiger charge is 2.27. The van der Waals surface area contributed by atoms with Gasteiger partial charge in [0.15, 0.2) is 7.05 Å². The van der Waals surface area contributed by atoms with Crippen LogP contribution in [0.15, 0.2) is 38.6 Å². The number of ether oxygens (including phenoxy) is 1. The van der Waals surface area contributed by atoms with Crippen molar-refractivity contribution in [2.24, 2.45) is 7.05 Å². The largest absolute Gasteiger partial charge is 0.462 e. The molecule has 1 heterocycles. The van der Waals surface area contributed by atoms with Crippen LogP contribution in [0.4, 0.5) is 5.69 Å². The van der Waals surface area contributed by atoms with Gasteiger partial charge >= 0.3 is 16.6 Å². The summed E-state index contributed by atoms with van der Waals surface area (Å²) in [5.74, 6) is -0.614. The Morgan fingerprint density at radius 2 is 2.00 bits per heavy atom. The first-order chi connectivity index (χ1) is 13.0. The van der Waals surface area contributed by atoms with E-state index < -0.39 is 10.9 Å². The molecular formula is C18H24N3O5S+. The van der Waals surface area contributed by atoms with Gasteiger partial charge in [-0.05, 0) is 54.1 Å². The number of esters is 1. The number of aryl methyl sites for hydroxylation is 1. The number of carbonyl (C=O) groups is 2. The molecule has 1 aromatic heterocycles. The van der Waals surface area contributed by atoms with Crippen molar-refractivity contribution in [3.8, 4) is 0 Å². The number of hydrogen-bond acceptors (Lipinski definition) is 6. The minimum absolute atomic E-state index is 0.235. The van der Waals surface area contributed by atoms with Crippen LogP contribution < -0.4 is 15.6 Å². The maximum absolute atomic E-state index is 12.5. The van der Waals surface area contributed by atoms with Gasteiger partial charge in [-0.1, -0.05) is 25.0 Å². The Balaban J connectivity index is 1.97. The van der Waals surface area contributed by atoms with E-state index in [0.29, 0.717) is 29.3 Å². The van der Waals surface area contributed by atoms with Gasteiger partial charge in [0.25, 0.3) is 0 Å². The summed E-state index contributed by atoms with van der Waals surface area (Å²) in [4.78, 5) is 36.1. The predicted octanol–water partition coefficient (Wildman–Crippen LogP) is 2.26. The number of thioether (sulfide) groups is 1. The zero-order chi connectivity index (χ0) is 19.8. The molecule has 8 nitrogen and oxygen atoms in total. The number of nitrogens with one attached hydrogen (secondary N) is 2. The fourth-order valence-corrected chi connectivity index (χ4v) is 3.16. The van der Waals surface area contributed by atoms with Gasteiger partial charge in [-0.25, -0.2) is 9.59 Å². The van der Waals surface area contributed by atoms with Crippen molar-refractivity contribution < 1.29 is 23.5 Å². The molecule has 1 atom stereocenters. The number of amides is 1. The predicted molar refractivity (Wildman–Crippen MR) is 101 cm³/mol. The molecule has 2 rings (SSSR count). The molecule has 0 aliphatic carbocycles. The van der Waals surface area contributed by atoms with E-state index in [0.717, 1.165) is 24.6 Å². The maximum Gasteiger partial charge on any atom is 0.441 e. The molecule has 0 bridgehead atoms. The molecule has 2 aromatic rings. The molecule has 0 saturated heterocycles. The Kier molecular flexibility index (Phi) is 7.66. The fraction of sp³-hybridized carbons (Fsp3) is 0.444. The van der Waals surface area contributed by atoms with Crippen LogP contribution in [-0.4, -0.2) is 29.0 Å². The number of benzene rings is 1. The first kappa shape index (κ1) is 20.8. The maximum atomic E-state index is 12.5. The highest BCUT2D eigenvalue weighted by atomic mass is 32.2. The van der Waals surface area contributed by atoms with Gasteiger partial charge in [0.2, 0.25) is 5.91 Å². The van der Waals surface area contributed by atoms with Crippen LogP contribution in [0.2, 0.25) is 0 Å². The molecule has 1 amide bonds. The van der Waals surface area contributed by atoms with E-state index in [1.54, 1.807) is 31.3 Å². The quantitative estimate of drug-likeness (QED) is 0.293. The normalized spacial score (nSPS) is 11.8. The molecule has 2 N–H and O–H groups in total. The van der Waals surface area contributed by atoms with Crippen LogP contribution in [0.3, 0.4) is 0 Å². The summed E-state index contributed by atoms with van der Waals surface area (Å²) in [6, 6.07) is 6.52. The summed E-state index contributed by atoms with van der Waals surface area (Å²) in [6.07, 6.45) is 2.31. The van der Waals surface area contributed by atoms with Gasteiger partial charge in [0.1, 0.15) is 0 Å². The van der Waals surface area contributed by atoms with Crippen molar-refractivity contribution in [2.75, 3.05) is 11.9 Å². The summed E-state index contributed by atoms with van der Waals surface area (Å²) >= 11 is 1.13. The number of hydrogen-bond donors (Lipinski definition) is 2. The number of nitrogens with zero attached hydrogens (tertiary/aromatic N) is 1. The van der Waals surface area contributed by atoms with E-state index in [-0.39, 0.29) is 11.9 Å². The Hall–Kier alpha value is -2.55. The first-order valence-corrected chi connectivity index (χ1v) is 9.66. The van der Waals surface area contributed by atoms with Crippen LogP contribution >= 0.6 is 11.8 Å². The molecule has 9 heteroatoms. The third kappa shape index (κ3) is 5.72. The Morgan fingerprint density at radius 1 is 1.30 bits per heavy atom. The van der Waals surface area contributed by atoms with E-state index in [4.69, 9.17) is 9.26 Å². The molecule has 27 heavy (non-hydrogen) atoms.